The summed E-state index contributed by atoms with van der Waals surface area (Å²) in [5.41, 5.74) is 3.57. The van der Waals surface area contributed by atoms with Crippen LogP contribution in [0.4, 0.5) is 0 Å². The number of benzene rings is 1. The van der Waals surface area contributed by atoms with Crippen molar-refractivity contribution in [3.05, 3.63) is 42.4 Å². The standard InChI is InChI=1S/C16H20N2O/c1-2-14(19)10-18-11-17-15(16(18)13-8-9-13)12-6-4-3-5-7-12/h3-7,11,13-14,19H,2,8-10H2,1H3/t14-/m1/s1. The summed E-state index contributed by atoms with van der Waals surface area (Å²) in [6.45, 7) is 2.67. The monoisotopic (exact) mass is 256 g/mol. The second-order valence-electron chi connectivity index (χ2n) is 5.33. The second kappa shape index (κ2) is 5.17. The number of aliphatic hydroxyl groups excluding tert-OH is 1. The fourth-order valence-corrected chi connectivity index (χ4v) is 2.50. The molecule has 0 saturated heterocycles. The molecule has 3 heteroatoms. The summed E-state index contributed by atoms with van der Waals surface area (Å²) in [7, 11) is 0. The summed E-state index contributed by atoms with van der Waals surface area (Å²) in [6.07, 6.45) is 4.87. The molecule has 1 aromatic heterocycles. The minimum Gasteiger partial charge on any atom is -0.391 e. The third kappa shape index (κ3) is 2.56. The van der Waals surface area contributed by atoms with Crippen molar-refractivity contribution in [1.29, 1.82) is 0 Å². The molecule has 2 aromatic rings. The number of aromatic nitrogens is 2. The van der Waals surface area contributed by atoms with Crippen LogP contribution in [0.25, 0.3) is 11.3 Å². The molecule has 3 rings (SSSR count). The molecular formula is C16H20N2O. The van der Waals surface area contributed by atoms with Crippen molar-refractivity contribution >= 4 is 0 Å². The average molecular weight is 256 g/mol. The van der Waals surface area contributed by atoms with E-state index in [9.17, 15) is 5.11 Å². The molecule has 0 bridgehead atoms. The Morgan fingerprint density at radius 3 is 2.68 bits per heavy atom. The molecule has 1 fully saturated rings. The van der Waals surface area contributed by atoms with Crippen LogP contribution in [-0.4, -0.2) is 20.8 Å². The lowest BCUT2D eigenvalue weighted by Gasteiger charge is -2.13. The predicted molar refractivity (Wildman–Crippen MR) is 75.9 cm³/mol. The summed E-state index contributed by atoms with van der Waals surface area (Å²) >= 11 is 0. The summed E-state index contributed by atoms with van der Waals surface area (Å²) in [5, 5.41) is 9.87. The van der Waals surface area contributed by atoms with Crippen molar-refractivity contribution in [3.63, 3.8) is 0 Å². The lowest BCUT2D eigenvalue weighted by molar-refractivity contribution is 0.149. The molecule has 0 radical (unpaired) electrons. The Hall–Kier alpha value is -1.61. The molecule has 1 heterocycles. The zero-order valence-corrected chi connectivity index (χ0v) is 11.3. The Labute approximate surface area is 113 Å². The van der Waals surface area contributed by atoms with Crippen LogP contribution in [0.3, 0.4) is 0 Å². The van der Waals surface area contributed by atoms with Crippen molar-refractivity contribution in [1.82, 2.24) is 9.55 Å². The van der Waals surface area contributed by atoms with Gasteiger partial charge in [-0.2, -0.15) is 0 Å². The third-order valence-corrected chi connectivity index (χ3v) is 3.77. The van der Waals surface area contributed by atoms with Gasteiger partial charge in [0, 0.05) is 23.7 Å². The zero-order valence-electron chi connectivity index (χ0n) is 11.3. The molecule has 1 N–H and O–H groups in total. The number of hydrogen-bond acceptors (Lipinski definition) is 2. The molecule has 1 aromatic carbocycles. The Balaban J connectivity index is 1.97. The molecule has 19 heavy (non-hydrogen) atoms. The van der Waals surface area contributed by atoms with E-state index in [2.05, 4.69) is 21.7 Å². The quantitative estimate of drug-likeness (QED) is 0.892. The van der Waals surface area contributed by atoms with Crippen molar-refractivity contribution in [2.75, 3.05) is 0 Å². The van der Waals surface area contributed by atoms with Gasteiger partial charge in [-0.25, -0.2) is 4.98 Å². The van der Waals surface area contributed by atoms with Crippen LogP contribution >= 0.6 is 0 Å². The van der Waals surface area contributed by atoms with E-state index in [4.69, 9.17) is 0 Å². The Bertz CT molecular complexity index is 543. The highest BCUT2D eigenvalue weighted by Crippen LogP contribution is 2.44. The Morgan fingerprint density at radius 1 is 1.32 bits per heavy atom. The first-order chi connectivity index (χ1) is 9.29. The van der Waals surface area contributed by atoms with Crippen LogP contribution in [-0.2, 0) is 6.54 Å². The number of rotatable bonds is 5. The minimum atomic E-state index is -0.282. The number of hydrogen-bond donors (Lipinski definition) is 1. The Kier molecular flexibility index (Phi) is 3.38. The highest BCUT2D eigenvalue weighted by Gasteiger charge is 2.30. The van der Waals surface area contributed by atoms with Gasteiger partial charge in [0.15, 0.2) is 0 Å². The van der Waals surface area contributed by atoms with E-state index < -0.39 is 0 Å². The van der Waals surface area contributed by atoms with Crippen molar-refractivity contribution in [3.8, 4) is 11.3 Å². The molecular weight excluding hydrogens is 236 g/mol. The second-order valence-corrected chi connectivity index (χ2v) is 5.33. The van der Waals surface area contributed by atoms with Crippen LogP contribution in [0.5, 0.6) is 0 Å². The lowest BCUT2D eigenvalue weighted by atomic mass is 10.1. The van der Waals surface area contributed by atoms with E-state index >= 15 is 0 Å². The van der Waals surface area contributed by atoms with Crippen LogP contribution in [0.2, 0.25) is 0 Å². The molecule has 0 spiro atoms. The summed E-state index contributed by atoms with van der Waals surface area (Å²) in [5.74, 6) is 0.627. The van der Waals surface area contributed by atoms with Gasteiger partial charge >= 0.3 is 0 Å². The smallest absolute Gasteiger partial charge is 0.0957 e. The predicted octanol–water partition coefficient (Wildman–Crippen LogP) is 3.20. The molecule has 1 aliphatic rings. The molecule has 3 nitrogen and oxygen atoms in total. The minimum absolute atomic E-state index is 0.282. The van der Waals surface area contributed by atoms with Gasteiger partial charge in [0.1, 0.15) is 0 Å². The van der Waals surface area contributed by atoms with Crippen molar-refractivity contribution in [2.24, 2.45) is 0 Å². The van der Waals surface area contributed by atoms with Crippen molar-refractivity contribution < 1.29 is 5.11 Å². The number of nitrogens with zero attached hydrogens (tertiary/aromatic N) is 2. The van der Waals surface area contributed by atoms with Gasteiger partial charge < -0.3 is 9.67 Å². The highest BCUT2D eigenvalue weighted by atomic mass is 16.3. The zero-order chi connectivity index (χ0) is 13.2. The maximum Gasteiger partial charge on any atom is 0.0957 e. The van der Waals surface area contributed by atoms with Gasteiger partial charge in [-0.15, -0.1) is 0 Å². The first-order valence-corrected chi connectivity index (χ1v) is 7.08. The normalized spacial score (nSPS) is 16.5. The van der Waals surface area contributed by atoms with Gasteiger partial charge in [0.05, 0.1) is 18.1 Å². The van der Waals surface area contributed by atoms with Crippen LogP contribution < -0.4 is 0 Å². The molecule has 1 saturated carbocycles. The number of imidazole rings is 1. The first kappa shape index (κ1) is 12.4. The topological polar surface area (TPSA) is 38.0 Å². The highest BCUT2D eigenvalue weighted by molar-refractivity contribution is 5.63. The van der Waals surface area contributed by atoms with E-state index in [0.717, 1.165) is 12.1 Å². The molecule has 0 amide bonds. The van der Waals surface area contributed by atoms with Crippen LogP contribution in [0.1, 0.15) is 37.8 Å². The maximum absolute atomic E-state index is 9.87. The van der Waals surface area contributed by atoms with E-state index in [0.29, 0.717) is 12.5 Å². The third-order valence-electron chi connectivity index (χ3n) is 3.77. The average Bonchev–Trinajstić information content (AvgIpc) is 3.21. The molecule has 1 aliphatic carbocycles. The summed E-state index contributed by atoms with van der Waals surface area (Å²) < 4.78 is 2.15. The van der Waals surface area contributed by atoms with Crippen LogP contribution in [0, 0.1) is 0 Å². The largest absolute Gasteiger partial charge is 0.391 e. The number of aliphatic hydroxyl groups is 1. The fourth-order valence-electron chi connectivity index (χ4n) is 2.50. The van der Waals surface area contributed by atoms with E-state index in [-0.39, 0.29) is 6.10 Å². The van der Waals surface area contributed by atoms with Crippen molar-refractivity contribution in [2.45, 2.75) is 44.8 Å². The van der Waals surface area contributed by atoms with E-state index in [1.807, 2.05) is 31.5 Å². The molecule has 0 aliphatic heterocycles. The molecule has 0 unspecified atom stereocenters. The maximum atomic E-state index is 9.87. The van der Waals surface area contributed by atoms with E-state index in [1.54, 1.807) is 0 Å². The molecule has 1 atom stereocenters. The van der Waals surface area contributed by atoms with Gasteiger partial charge in [-0.1, -0.05) is 37.3 Å². The molecule has 100 valence electrons. The van der Waals surface area contributed by atoms with Crippen LogP contribution in [0.15, 0.2) is 36.7 Å². The van der Waals surface area contributed by atoms with E-state index in [1.165, 1.54) is 24.1 Å². The Morgan fingerprint density at radius 2 is 2.05 bits per heavy atom. The van der Waals surface area contributed by atoms with Gasteiger partial charge in [-0.05, 0) is 19.3 Å². The van der Waals surface area contributed by atoms with Gasteiger partial charge in [0.25, 0.3) is 0 Å². The SMILES string of the molecule is CC[C@@H](O)Cn1cnc(-c2ccccc2)c1C1CC1. The first-order valence-electron chi connectivity index (χ1n) is 7.08. The summed E-state index contributed by atoms with van der Waals surface area (Å²) in [4.78, 5) is 4.59. The summed E-state index contributed by atoms with van der Waals surface area (Å²) in [6, 6.07) is 10.3. The lowest BCUT2D eigenvalue weighted by Crippen LogP contribution is -2.15. The van der Waals surface area contributed by atoms with Gasteiger partial charge in [0.2, 0.25) is 0 Å². The van der Waals surface area contributed by atoms with Gasteiger partial charge in [-0.3, -0.25) is 0 Å². The fraction of sp³-hybridized carbons (Fsp3) is 0.438.